The molecule has 0 amide bonds. The lowest BCUT2D eigenvalue weighted by Gasteiger charge is -2.21. The molecule has 0 saturated heterocycles. The van der Waals surface area contributed by atoms with Crippen LogP contribution in [-0.4, -0.2) is 0 Å². The van der Waals surface area contributed by atoms with Crippen molar-refractivity contribution < 1.29 is 22.0 Å². The Morgan fingerprint density at radius 1 is 0.462 bits per heavy atom. The van der Waals surface area contributed by atoms with E-state index in [4.69, 9.17) is 0 Å². The van der Waals surface area contributed by atoms with Gasteiger partial charge in [0.25, 0.3) is 0 Å². The minimum absolute atomic E-state index is 0.0825. The van der Waals surface area contributed by atoms with Gasteiger partial charge in [-0.3, -0.25) is 0 Å². The molecule has 2 aromatic carbocycles. The Morgan fingerprint density at radius 3 is 1.19 bits per heavy atom. The minimum atomic E-state index is -1.57. The highest BCUT2D eigenvalue weighted by molar-refractivity contribution is 5.71. The van der Waals surface area contributed by atoms with Gasteiger partial charge in [-0.1, -0.05) is 27.7 Å². The second kappa shape index (κ2) is 7.01. The van der Waals surface area contributed by atoms with Gasteiger partial charge in [-0.25, -0.2) is 22.0 Å². The van der Waals surface area contributed by atoms with Gasteiger partial charge in [0.1, 0.15) is 17.5 Å². The molecule has 2 aromatic rings. The van der Waals surface area contributed by atoms with Crippen molar-refractivity contribution in [3.63, 3.8) is 0 Å². The van der Waals surface area contributed by atoms with E-state index in [-0.39, 0.29) is 28.2 Å². The summed E-state index contributed by atoms with van der Waals surface area (Å²) in [5.41, 5.74) is -1.43. The Bertz CT molecular complexity index is 850. The molecule has 0 radical (unpaired) electrons. The Morgan fingerprint density at radius 2 is 0.808 bits per heavy atom. The van der Waals surface area contributed by atoms with E-state index in [0.717, 1.165) is 0 Å². The maximum Gasteiger partial charge on any atom is 0.170 e. The maximum absolute atomic E-state index is 15.1. The molecular weight excluding hydrogens is 347 g/mol. The molecular formula is C21H23F5. The zero-order valence-electron chi connectivity index (χ0n) is 16.0. The molecule has 2 rings (SSSR count). The summed E-state index contributed by atoms with van der Waals surface area (Å²) < 4.78 is 74.0. The number of benzene rings is 2. The van der Waals surface area contributed by atoms with Crippen molar-refractivity contribution in [3.05, 3.63) is 56.9 Å². The molecule has 0 aromatic heterocycles. The Balaban J connectivity index is 3.04. The first-order valence-electron chi connectivity index (χ1n) is 8.58. The van der Waals surface area contributed by atoms with Crippen LogP contribution in [0.4, 0.5) is 22.0 Å². The fourth-order valence-electron chi connectivity index (χ4n) is 3.77. The van der Waals surface area contributed by atoms with Crippen molar-refractivity contribution in [2.45, 2.75) is 60.3 Å². The molecule has 26 heavy (non-hydrogen) atoms. The Labute approximate surface area is 151 Å². The van der Waals surface area contributed by atoms with Gasteiger partial charge >= 0.3 is 0 Å². The lowest BCUT2D eigenvalue weighted by Crippen LogP contribution is -2.11. The minimum Gasteiger partial charge on any atom is -0.206 e. The molecule has 0 saturated carbocycles. The van der Waals surface area contributed by atoms with Gasteiger partial charge in [0.2, 0.25) is 0 Å². The molecule has 0 unspecified atom stereocenters. The largest absolute Gasteiger partial charge is 0.206 e. The normalized spacial score (nSPS) is 11.8. The van der Waals surface area contributed by atoms with Crippen LogP contribution in [0.15, 0.2) is 0 Å². The van der Waals surface area contributed by atoms with Gasteiger partial charge in [0.05, 0.1) is 11.1 Å². The third-order valence-electron chi connectivity index (χ3n) is 4.91. The van der Waals surface area contributed by atoms with E-state index in [9.17, 15) is 17.6 Å². The standard InChI is InChI=1S/C21H23F5/c1-8(2)13-10(5)17(22)15(18(23)11(13)6)16-20(25)14(9(3)4)12(7)19(24)21(16)26/h8-9H,1-7H3. The van der Waals surface area contributed by atoms with E-state index < -0.39 is 46.1 Å². The van der Waals surface area contributed by atoms with Crippen molar-refractivity contribution in [1.29, 1.82) is 0 Å². The van der Waals surface area contributed by atoms with Crippen LogP contribution < -0.4 is 0 Å². The van der Waals surface area contributed by atoms with Crippen LogP contribution in [-0.2, 0) is 0 Å². The SMILES string of the molecule is Cc1c(F)c(-c2c(F)c(F)c(C)c(C(C)C)c2F)c(F)c(C)c1C(C)C. The van der Waals surface area contributed by atoms with Crippen molar-refractivity contribution in [3.8, 4) is 11.1 Å². The van der Waals surface area contributed by atoms with E-state index >= 15 is 4.39 Å². The van der Waals surface area contributed by atoms with Crippen LogP contribution in [0.5, 0.6) is 0 Å². The molecule has 0 atom stereocenters. The Kier molecular flexibility index (Phi) is 5.50. The molecule has 0 aliphatic heterocycles. The molecule has 0 N–H and O–H groups in total. The maximum atomic E-state index is 15.1. The number of halogens is 5. The van der Waals surface area contributed by atoms with E-state index in [1.165, 1.54) is 20.8 Å². The van der Waals surface area contributed by atoms with Crippen molar-refractivity contribution in [2.24, 2.45) is 0 Å². The number of rotatable bonds is 3. The molecule has 5 heteroatoms. The van der Waals surface area contributed by atoms with Crippen LogP contribution in [0, 0.1) is 49.9 Å². The first-order chi connectivity index (χ1) is 11.9. The van der Waals surface area contributed by atoms with Gasteiger partial charge in [0, 0.05) is 0 Å². The van der Waals surface area contributed by atoms with Crippen molar-refractivity contribution in [1.82, 2.24) is 0 Å². The van der Waals surface area contributed by atoms with E-state index in [1.807, 2.05) is 0 Å². The molecule has 0 heterocycles. The monoisotopic (exact) mass is 370 g/mol. The summed E-state index contributed by atoms with van der Waals surface area (Å²) in [5.74, 6) is -6.76. The fourth-order valence-corrected chi connectivity index (χ4v) is 3.77. The highest BCUT2D eigenvalue weighted by atomic mass is 19.2. The molecule has 0 nitrogen and oxygen atoms in total. The number of hydrogen-bond donors (Lipinski definition) is 0. The van der Waals surface area contributed by atoms with E-state index in [2.05, 4.69) is 0 Å². The molecule has 0 fully saturated rings. The smallest absolute Gasteiger partial charge is 0.170 e. The van der Waals surface area contributed by atoms with Gasteiger partial charge in [-0.2, -0.15) is 0 Å². The summed E-state index contributed by atoms with van der Waals surface area (Å²) in [7, 11) is 0. The van der Waals surface area contributed by atoms with Gasteiger partial charge in [-0.05, 0) is 60.4 Å². The second-order valence-corrected chi connectivity index (χ2v) is 7.33. The summed E-state index contributed by atoms with van der Waals surface area (Å²) in [4.78, 5) is 0. The summed E-state index contributed by atoms with van der Waals surface area (Å²) in [6.07, 6.45) is 0. The average Bonchev–Trinajstić information content (AvgIpc) is 2.53. The van der Waals surface area contributed by atoms with Crippen LogP contribution in [0.25, 0.3) is 11.1 Å². The van der Waals surface area contributed by atoms with Gasteiger partial charge in [0.15, 0.2) is 11.6 Å². The highest BCUT2D eigenvalue weighted by Crippen LogP contribution is 2.41. The molecule has 0 aliphatic rings. The zero-order chi connectivity index (χ0) is 20.1. The van der Waals surface area contributed by atoms with Crippen LogP contribution in [0.1, 0.15) is 67.3 Å². The quantitative estimate of drug-likeness (QED) is 0.395. The lowest BCUT2D eigenvalue weighted by molar-refractivity contribution is 0.481. The molecule has 0 bridgehead atoms. The summed E-state index contributed by atoms with van der Waals surface area (Å²) in [5, 5.41) is 0. The van der Waals surface area contributed by atoms with Gasteiger partial charge < -0.3 is 0 Å². The second-order valence-electron chi connectivity index (χ2n) is 7.33. The Hall–Kier alpha value is -1.91. The van der Waals surface area contributed by atoms with E-state index in [0.29, 0.717) is 5.56 Å². The van der Waals surface area contributed by atoms with Crippen LogP contribution in [0.2, 0.25) is 0 Å². The lowest BCUT2D eigenvalue weighted by atomic mass is 9.86. The highest BCUT2D eigenvalue weighted by Gasteiger charge is 2.31. The molecule has 142 valence electrons. The average molecular weight is 370 g/mol. The fraction of sp³-hybridized carbons (Fsp3) is 0.429. The summed E-state index contributed by atoms with van der Waals surface area (Å²) in [6, 6.07) is 0. The topological polar surface area (TPSA) is 0 Å². The molecule has 0 spiro atoms. The predicted molar refractivity (Wildman–Crippen MR) is 94.1 cm³/mol. The molecule has 0 aliphatic carbocycles. The third-order valence-corrected chi connectivity index (χ3v) is 4.91. The zero-order valence-corrected chi connectivity index (χ0v) is 16.0. The van der Waals surface area contributed by atoms with Crippen molar-refractivity contribution >= 4 is 0 Å². The predicted octanol–water partition coefficient (Wildman–Crippen LogP) is 7.22. The third kappa shape index (κ3) is 2.91. The van der Waals surface area contributed by atoms with Gasteiger partial charge in [-0.15, -0.1) is 0 Å². The van der Waals surface area contributed by atoms with Crippen molar-refractivity contribution in [2.75, 3.05) is 0 Å². The first kappa shape index (κ1) is 20.4. The number of hydrogen-bond acceptors (Lipinski definition) is 0. The summed E-state index contributed by atoms with van der Waals surface area (Å²) >= 11 is 0. The van der Waals surface area contributed by atoms with E-state index in [1.54, 1.807) is 27.7 Å². The summed E-state index contributed by atoms with van der Waals surface area (Å²) in [6.45, 7) is 10.9. The van der Waals surface area contributed by atoms with Crippen LogP contribution in [0.3, 0.4) is 0 Å². The van der Waals surface area contributed by atoms with Crippen LogP contribution >= 0.6 is 0 Å². The first-order valence-corrected chi connectivity index (χ1v) is 8.58.